The second-order valence-corrected chi connectivity index (χ2v) is 6.16. The maximum atomic E-state index is 12.4. The Kier molecular flexibility index (Phi) is 4.40. The molecule has 1 atom stereocenters. The first kappa shape index (κ1) is 16.3. The number of carbonyl (C=O) groups is 2. The number of benzene rings is 2. The van der Waals surface area contributed by atoms with E-state index in [0.717, 1.165) is 10.0 Å². The van der Waals surface area contributed by atoms with E-state index in [2.05, 4.69) is 15.9 Å². The third-order valence-electron chi connectivity index (χ3n) is 3.47. The number of carboxylic acids is 1. The van der Waals surface area contributed by atoms with E-state index >= 15 is 0 Å². The van der Waals surface area contributed by atoms with Crippen molar-refractivity contribution in [2.24, 2.45) is 0 Å². The van der Waals surface area contributed by atoms with Gasteiger partial charge in [-0.05, 0) is 42.8 Å². The highest BCUT2D eigenvalue weighted by Crippen LogP contribution is 2.35. The van der Waals surface area contributed by atoms with Gasteiger partial charge in [0.2, 0.25) is 5.78 Å². The number of carboxylic acid groups (broad SMARTS) is 1. The van der Waals surface area contributed by atoms with E-state index < -0.39 is 12.1 Å². The van der Waals surface area contributed by atoms with Gasteiger partial charge in [0, 0.05) is 10.5 Å². The van der Waals surface area contributed by atoms with Crippen LogP contribution >= 0.6 is 15.9 Å². The van der Waals surface area contributed by atoms with Gasteiger partial charge < -0.3 is 14.6 Å². The summed E-state index contributed by atoms with van der Waals surface area (Å²) in [6.07, 6.45) is 0.674. The number of Topliss-reactive ketones (excluding diaryl/α,β-unsaturated/α-hetero) is 1. The molecule has 6 heteroatoms. The molecule has 1 heterocycles. The number of hydrogen-bond donors (Lipinski definition) is 1. The van der Waals surface area contributed by atoms with Crippen molar-refractivity contribution in [1.29, 1.82) is 0 Å². The lowest BCUT2D eigenvalue weighted by molar-refractivity contribution is -0.144. The van der Waals surface area contributed by atoms with Gasteiger partial charge in [-0.15, -0.1) is 0 Å². The van der Waals surface area contributed by atoms with E-state index in [1.54, 1.807) is 18.2 Å². The Morgan fingerprint density at radius 1 is 1.25 bits per heavy atom. The highest BCUT2D eigenvalue weighted by molar-refractivity contribution is 9.10. The number of halogens is 1. The lowest BCUT2D eigenvalue weighted by Crippen LogP contribution is -2.22. The summed E-state index contributed by atoms with van der Waals surface area (Å²) in [5, 5.41) is 8.88. The number of rotatable bonds is 4. The van der Waals surface area contributed by atoms with Gasteiger partial charge >= 0.3 is 5.97 Å². The summed E-state index contributed by atoms with van der Waals surface area (Å²) in [5.41, 5.74) is 1.26. The molecule has 1 unspecified atom stereocenters. The zero-order valence-corrected chi connectivity index (χ0v) is 14.2. The lowest BCUT2D eigenvalue weighted by atomic mass is 10.1. The zero-order chi connectivity index (χ0) is 17.3. The Balaban J connectivity index is 1.84. The quantitative estimate of drug-likeness (QED) is 0.803. The van der Waals surface area contributed by atoms with Crippen LogP contribution in [0, 0.1) is 0 Å². The van der Waals surface area contributed by atoms with Gasteiger partial charge in [-0.1, -0.05) is 28.1 Å². The van der Waals surface area contributed by atoms with Crippen molar-refractivity contribution in [2.45, 2.75) is 13.0 Å². The first-order valence-corrected chi connectivity index (χ1v) is 7.96. The molecule has 0 radical (unpaired) electrons. The van der Waals surface area contributed by atoms with Crippen molar-refractivity contribution in [3.8, 4) is 11.5 Å². The van der Waals surface area contributed by atoms with Crippen LogP contribution in [0.4, 0.5) is 0 Å². The van der Waals surface area contributed by atoms with E-state index in [1.807, 2.05) is 24.3 Å². The third-order valence-corrected chi connectivity index (χ3v) is 4.00. The highest BCUT2D eigenvalue weighted by atomic mass is 79.9. The maximum Gasteiger partial charge on any atom is 0.344 e. The summed E-state index contributed by atoms with van der Waals surface area (Å²) >= 11 is 3.36. The molecule has 1 aliphatic rings. The van der Waals surface area contributed by atoms with Gasteiger partial charge in [-0.25, -0.2) is 4.79 Å². The highest BCUT2D eigenvalue weighted by Gasteiger charge is 2.28. The summed E-state index contributed by atoms with van der Waals surface area (Å²) in [5.74, 6) is -0.371. The van der Waals surface area contributed by atoms with Crippen molar-refractivity contribution in [2.75, 3.05) is 0 Å². The van der Waals surface area contributed by atoms with Crippen LogP contribution < -0.4 is 9.47 Å². The molecule has 0 saturated carbocycles. The molecule has 0 aliphatic carbocycles. The van der Waals surface area contributed by atoms with E-state index in [4.69, 9.17) is 14.6 Å². The lowest BCUT2D eigenvalue weighted by Gasteiger charge is -2.10. The second-order valence-electron chi connectivity index (χ2n) is 5.25. The van der Waals surface area contributed by atoms with Crippen LogP contribution in [-0.2, 0) is 4.79 Å². The zero-order valence-electron chi connectivity index (χ0n) is 12.7. The fourth-order valence-electron chi connectivity index (χ4n) is 2.21. The van der Waals surface area contributed by atoms with E-state index in [-0.39, 0.29) is 11.5 Å². The van der Waals surface area contributed by atoms with E-state index in [1.165, 1.54) is 13.0 Å². The number of ketones is 1. The predicted molar refractivity (Wildman–Crippen MR) is 91.2 cm³/mol. The molecule has 0 fully saturated rings. The minimum absolute atomic E-state index is 0.217. The smallest absolute Gasteiger partial charge is 0.344 e. The van der Waals surface area contributed by atoms with Gasteiger partial charge in [0.15, 0.2) is 11.9 Å². The molecular formula is C18H13BrO5. The largest absolute Gasteiger partial charge is 0.479 e. The minimum Gasteiger partial charge on any atom is -0.479 e. The summed E-state index contributed by atoms with van der Waals surface area (Å²) in [4.78, 5) is 23.2. The van der Waals surface area contributed by atoms with Gasteiger partial charge in [0.1, 0.15) is 11.5 Å². The molecule has 0 bridgehead atoms. The van der Waals surface area contributed by atoms with Crippen molar-refractivity contribution in [1.82, 2.24) is 0 Å². The normalized spacial score (nSPS) is 15.8. The summed E-state index contributed by atoms with van der Waals surface area (Å²) in [6, 6.07) is 12.1. The van der Waals surface area contributed by atoms with E-state index in [9.17, 15) is 9.59 Å². The minimum atomic E-state index is -1.07. The summed E-state index contributed by atoms with van der Waals surface area (Å²) in [6.45, 7) is 1.43. The molecular weight excluding hydrogens is 376 g/mol. The molecule has 0 spiro atoms. The first-order chi connectivity index (χ1) is 11.4. The molecule has 2 aromatic rings. The molecule has 0 saturated heterocycles. The van der Waals surface area contributed by atoms with Crippen molar-refractivity contribution < 1.29 is 24.2 Å². The Bertz CT molecular complexity index is 839. The Labute approximate surface area is 146 Å². The molecule has 5 nitrogen and oxygen atoms in total. The fraction of sp³-hybridized carbons (Fsp3) is 0.111. The number of aliphatic carboxylic acids is 1. The molecule has 0 amide bonds. The number of carbonyl (C=O) groups excluding carboxylic acids is 1. The first-order valence-electron chi connectivity index (χ1n) is 7.17. The Hall–Kier alpha value is -2.60. The molecule has 1 aliphatic heterocycles. The number of allylic oxidation sites excluding steroid dienone is 1. The summed E-state index contributed by atoms with van der Waals surface area (Å²) in [7, 11) is 0. The summed E-state index contributed by atoms with van der Waals surface area (Å²) < 4.78 is 11.8. The van der Waals surface area contributed by atoms with Gasteiger partial charge in [0.05, 0.1) is 5.56 Å². The molecule has 24 heavy (non-hydrogen) atoms. The monoisotopic (exact) mass is 388 g/mol. The molecule has 122 valence electrons. The standard InChI is InChI=1S/C18H13BrO5/c1-10(18(21)22)23-13-6-7-14-15(9-13)24-16(17(14)20)8-11-2-4-12(19)5-3-11/h2-10H,1H3,(H,21,22). The van der Waals surface area contributed by atoms with Gasteiger partial charge in [0.25, 0.3) is 0 Å². The third kappa shape index (κ3) is 3.33. The molecule has 0 aromatic heterocycles. The second kappa shape index (κ2) is 6.49. The predicted octanol–water partition coefficient (Wildman–Crippen LogP) is 3.92. The van der Waals surface area contributed by atoms with Crippen molar-refractivity contribution in [3.05, 3.63) is 63.8 Å². The average molecular weight is 389 g/mol. The van der Waals surface area contributed by atoms with Crippen LogP contribution in [0.2, 0.25) is 0 Å². The number of fused-ring (bicyclic) bond motifs is 1. The van der Waals surface area contributed by atoms with Crippen LogP contribution in [-0.4, -0.2) is 23.0 Å². The number of ether oxygens (including phenoxy) is 2. The number of hydrogen-bond acceptors (Lipinski definition) is 4. The fourth-order valence-corrected chi connectivity index (χ4v) is 2.47. The maximum absolute atomic E-state index is 12.4. The van der Waals surface area contributed by atoms with E-state index in [0.29, 0.717) is 17.1 Å². The molecule has 2 aromatic carbocycles. The van der Waals surface area contributed by atoms with Crippen LogP contribution in [0.1, 0.15) is 22.8 Å². The van der Waals surface area contributed by atoms with Crippen LogP contribution in [0.5, 0.6) is 11.5 Å². The molecule has 1 N–H and O–H groups in total. The van der Waals surface area contributed by atoms with Gasteiger partial charge in [-0.3, -0.25) is 4.79 Å². The topological polar surface area (TPSA) is 72.8 Å². The van der Waals surface area contributed by atoms with Crippen LogP contribution in [0.3, 0.4) is 0 Å². The van der Waals surface area contributed by atoms with Crippen LogP contribution in [0.25, 0.3) is 6.08 Å². The molecule has 3 rings (SSSR count). The van der Waals surface area contributed by atoms with Crippen LogP contribution in [0.15, 0.2) is 52.7 Å². The van der Waals surface area contributed by atoms with Crippen molar-refractivity contribution in [3.63, 3.8) is 0 Å². The average Bonchev–Trinajstić information content (AvgIpc) is 2.85. The SMILES string of the molecule is CC(Oc1ccc2c(c1)OC(=Cc1ccc(Br)cc1)C2=O)C(=O)O. The van der Waals surface area contributed by atoms with Gasteiger partial charge in [-0.2, -0.15) is 0 Å². The Morgan fingerprint density at radius 3 is 2.62 bits per heavy atom. The Morgan fingerprint density at radius 2 is 1.96 bits per heavy atom. The van der Waals surface area contributed by atoms with Crippen molar-refractivity contribution >= 4 is 33.8 Å².